The third-order valence-corrected chi connectivity index (χ3v) is 4.30. The number of nitrogens with zero attached hydrogens (tertiary/aromatic N) is 4. The lowest BCUT2D eigenvalue weighted by molar-refractivity contribution is -0.117. The number of nitrogens with one attached hydrogen (secondary N) is 1. The molecule has 1 N–H and O–H groups in total. The fraction of sp³-hybridized carbons (Fsp3) is 0.100. The van der Waals surface area contributed by atoms with E-state index in [4.69, 9.17) is 4.74 Å². The van der Waals surface area contributed by atoms with Crippen molar-refractivity contribution in [1.82, 2.24) is 19.4 Å². The SMILES string of the molecule is COc1ccccc1NC(=O)Cn1ncn2nc(-c3ccc(F)cc3)cc2c1=O. The predicted molar refractivity (Wildman–Crippen MR) is 104 cm³/mol. The van der Waals surface area contributed by atoms with E-state index in [0.29, 0.717) is 22.7 Å². The normalized spacial score (nSPS) is 10.8. The van der Waals surface area contributed by atoms with Crippen LogP contribution in [-0.4, -0.2) is 32.4 Å². The summed E-state index contributed by atoms with van der Waals surface area (Å²) < 4.78 is 20.7. The second kappa shape index (κ2) is 7.55. The topological polar surface area (TPSA) is 90.5 Å². The molecule has 9 heteroatoms. The van der Waals surface area contributed by atoms with Gasteiger partial charge >= 0.3 is 0 Å². The number of para-hydroxylation sites is 2. The Labute approximate surface area is 164 Å². The first-order valence-corrected chi connectivity index (χ1v) is 8.69. The highest BCUT2D eigenvalue weighted by molar-refractivity contribution is 5.92. The standard InChI is InChI=1S/C20H16FN5O3/c1-29-18-5-3-2-4-15(18)23-19(27)11-25-20(28)17-10-16(24-26(17)12-22-25)13-6-8-14(21)9-7-13/h2-10,12H,11H2,1H3,(H,23,27). The number of fused-ring (bicyclic) bond motifs is 1. The van der Waals surface area contributed by atoms with Crippen LogP contribution in [0.25, 0.3) is 16.8 Å². The molecule has 0 spiro atoms. The number of amides is 1. The molecule has 0 bridgehead atoms. The van der Waals surface area contributed by atoms with Crippen molar-refractivity contribution in [2.45, 2.75) is 6.54 Å². The first kappa shape index (κ1) is 18.4. The van der Waals surface area contributed by atoms with E-state index in [-0.39, 0.29) is 17.9 Å². The van der Waals surface area contributed by atoms with Gasteiger partial charge in [0.1, 0.15) is 30.0 Å². The minimum absolute atomic E-state index is 0.254. The highest BCUT2D eigenvalue weighted by atomic mass is 19.1. The second-order valence-electron chi connectivity index (χ2n) is 6.21. The third-order valence-electron chi connectivity index (χ3n) is 4.30. The monoisotopic (exact) mass is 393 g/mol. The minimum Gasteiger partial charge on any atom is -0.495 e. The Morgan fingerprint density at radius 3 is 2.69 bits per heavy atom. The van der Waals surface area contributed by atoms with E-state index in [1.807, 2.05) is 0 Å². The Bertz CT molecular complexity index is 1250. The summed E-state index contributed by atoms with van der Waals surface area (Å²) in [4.78, 5) is 25.1. The molecule has 8 nitrogen and oxygen atoms in total. The summed E-state index contributed by atoms with van der Waals surface area (Å²) in [6.45, 7) is -0.273. The Morgan fingerprint density at radius 1 is 1.17 bits per heavy atom. The number of rotatable bonds is 5. The molecule has 0 fully saturated rings. The van der Waals surface area contributed by atoms with E-state index < -0.39 is 11.5 Å². The summed E-state index contributed by atoms with van der Waals surface area (Å²) in [5, 5.41) is 11.0. The van der Waals surface area contributed by atoms with Crippen LogP contribution in [0.5, 0.6) is 5.75 Å². The molecule has 146 valence electrons. The molecule has 1 amide bonds. The van der Waals surface area contributed by atoms with Gasteiger partial charge in [-0.15, -0.1) is 0 Å². The molecule has 4 aromatic rings. The molecule has 0 aliphatic heterocycles. The Kier molecular flexibility index (Phi) is 4.78. The summed E-state index contributed by atoms with van der Waals surface area (Å²) >= 11 is 0. The number of methoxy groups -OCH3 is 1. The highest BCUT2D eigenvalue weighted by Gasteiger charge is 2.13. The lowest BCUT2D eigenvalue weighted by Crippen LogP contribution is -2.30. The van der Waals surface area contributed by atoms with E-state index >= 15 is 0 Å². The Balaban J connectivity index is 1.59. The second-order valence-corrected chi connectivity index (χ2v) is 6.21. The maximum atomic E-state index is 13.1. The number of ether oxygens (including phenoxy) is 1. The van der Waals surface area contributed by atoms with Crippen molar-refractivity contribution in [3.63, 3.8) is 0 Å². The first-order valence-electron chi connectivity index (χ1n) is 8.69. The van der Waals surface area contributed by atoms with Crippen LogP contribution in [0.2, 0.25) is 0 Å². The zero-order chi connectivity index (χ0) is 20.4. The van der Waals surface area contributed by atoms with E-state index in [1.165, 1.54) is 30.1 Å². The molecule has 0 atom stereocenters. The third kappa shape index (κ3) is 3.70. The summed E-state index contributed by atoms with van der Waals surface area (Å²) in [6, 6.07) is 14.3. The predicted octanol–water partition coefficient (Wildman–Crippen LogP) is 2.34. The van der Waals surface area contributed by atoms with E-state index in [1.54, 1.807) is 42.5 Å². The minimum atomic E-state index is -0.469. The molecule has 0 aliphatic carbocycles. The van der Waals surface area contributed by atoms with Gasteiger partial charge in [-0.3, -0.25) is 9.59 Å². The van der Waals surface area contributed by atoms with Crippen molar-refractivity contribution in [3.8, 4) is 17.0 Å². The van der Waals surface area contributed by atoms with Crippen molar-refractivity contribution in [3.05, 3.63) is 77.1 Å². The van der Waals surface area contributed by atoms with Crippen LogP contribution in [0.3, 0.4) is 0 Å². The molecule has 2 aromatic carbocycles. The maximum Gasteiger partial charge on any atom is 0.293 e. The molecular weight excluding hydrogens is 377 g/mol. The molecule has 2 aromatic heterocycles. The van der Waals surface area contributed by atoms with Gasteiger partial charge in [0.25, 0.3) is 5.56 Å². The molecule has 0 radical (unpaired) electrons. The number of halogens is 1. The smallest absolute Gasteiger partial charge is 0.293 e. The lowest BCUT2D eigenvalue weighted by Gasteiger charge is -2.10. The Morgan fingerprint density at radius 2 is 1.93 bits per heavy atom. The van der Waals surface area contributed by atoms with Crippen molar-refractivity contribution >= 4 is 17.1 Å². The number of hydrogen-bond donors (Lipinski definition) is 1. The summed E-state index contributed by atoms with van der Waals surface area (Å²) in [5.74, 6) is -0.273. The average Bonchev–Trinajstić information content (AvgIpc) is 3.16. The Hall–Kier alpha value is -4.01. The number of hydrogen-bond acceptors (Lipinski definition) is 5. The fourth-order valence-corrected chi connectivity index (χ4v) is 2.89. The van der Waals surface area contributed by atoms with Crippen LogP contribution in [0, 0.1) is 5.82 Å². The zero-order valence-corrected chi connectivity index (χ0v) is 15.4. The molecule has 0 saturated carbocycles. The summed E-state index contributed by atoms with van der Waals surface area (Å²) in [7, 11) is 1.50. The van der Waals surface area contributed by atoms with Gasteiger partial charge in [-0.1, -0.05) is 12.1 Å². The molecular formula is C20H16FN5O3. The van der Waals surface area contributed by atoms with Crippen molar-refractivity contribution < 1.29 is 13.9 Å². The number of aromatic nitrogens is 4. The number of carbonyl (C=O) groups excluding carboxylic acids is 1. The largest absolute Gasteiger partial charge is 0.495 e. The number of benzene rings is 2. The van der Waals surface area contributed by atoms with Crippen molar-refractivity contribution in [2.24, 2.45) is 0 Å². The molecule has 0 unspecified atom stereocenters. The lowest BCUT2D eigenvalue weighted by atomic mass is 10.1. The first-order chi connectivity index (χ1) is 14.0. The average molecular weight is 393 g/mol. The molecule has 29 heavy (non-hydrogen) atoms. The number of anilines is 1. The van der Waals surface area contributed by atoms with Crippen LogP contribution in [0.4, 0.5) is 10.1 Å². The van der Waals surface area contributed by atoms with Gasteiger partial charge in [0.05, 0.1) is 18.5 Å². The maximum absolute atomic E-state index is 13.1. The van der Waals surface area contributed by atoms with Gasteiger partial charge in [-0.2, -0.15) is 10.2 Å². The van der Waals surface area contributed by atoms with E-state index in [0.717, 1.165) is 4.68 Å². The summed E-state index contributed by atoms with van der Waals surface area (Å²) in [5.41, 5.74) is 1.44. The van der Waals surface area contributed by atoms with Gasteiger partial charge in [0.15, 0.2) is 0 Å². The van der Waals surface area contributed by atoms with Gasteiger partial charge < -0.3 is 10.1 Å². The van der Waals surface area contributed by atoms with Crippen molar-refractivity contribution in [1.29, 1.82) is 0 Å². The van der Waals surface area contributed by atoms with Crippen LogP contribution in [0.15, 0.2) is 65.7 Å². The molecule has 0 saturated heterocycles. The summed E-state index contributed by atoms with van der Waals surface area (Å²) in [6.07, 6.45) is 1.35. The van der Waals surface area contributed by atoms with Gasteiger partial charge in [0.2, 0.25) is 5.91 Å². The highest BCUT2D eigenvalue weighted by Crippen LogP contribution is 2.23. The van der Waals surface area contributed by atoms with E-state index in [2.05, 4.69) is 15.5 Å². The van der Waals surface area contributed by atoms with Crippen LogP contribution < -0.4 is 15.6 Å². The van der Waals surface area contributed by atoms with Crippen LogP contribution in [-0.2, 0) is 11.3 Å². The van der Waals surface area contributed by atoms with Gasteiger partial charge in [-0.25, -0.2) is 13.6 Å². The van der Waals surface area contributed by atoms with E-state index in [9.17, 15) is 14.0 Å². The van der Waals surface area contributed by atoms with Crippen molar-refractivity contribution in [2.75, 3.05) is 12.4 Å². The quantitative estimate of drug-likeness (QED) is 0.562. The van der Waals surface area contributed by atoms with Gasteiger partial charge in [0, 0.05) is 5.56 Å². The molecule has 2 heterocycles. The molecule has 0 aliphatic rings. The molecule has 4 rings (SSSR count). The van der Waals surface area contributed by atoms with Gasteiger partial charge in [-0.05, 0) is 42.5 Å². The zero-order valence-electron chi connectivity index (χ0n) is 15.4. The van der Waals surface area contributed by atoms with Crippen LogP contribution in [0.1, 0.15) is 0 Å². The van der Waals surface area contributed by atoms with Crippen LogP contribution >= 0.6 is 0 Å². The number of carbonyl (C=O) groups is 1. The fourth-order valence-electron chi connectivity index (χ4n) is 2.89.